The number of pyridine rings is 1. The van der Waals surface area contributed by atoms with E-state index in [9.17, 15) is 0 Å². The minimum atomic E-state index is 0.379. The first-order valence-corrected chi connectivity index (χ1v) is 5.67. The van der Waals surface area contributed by atoms with E-state index in [1.807, 2.05) is 6.07 Å². The fourth-order valence-electron chi connectivity index (χ4n) is 2.11. The number of methoxy groups -OCH3 is 3. The van der Waals surface area contributed by atoms with Crippen molar-refractivity contribution in [3.8, 4) is 17.4 Å². The summed E-state index contributed by atoms with van der Waals surface area (Å²) in [4.78, 5) is 4.50. The summed E-state index contributed by atoms with van der Waals surface area (Å²) in [6.45, 7) is 1.95. The van der Waals surface area contributed by atoms with E-state index in [2.05, 4.69) is 10.3 Å². The van der Waals surface area contributed by atoms with Crippen LogP contribution in [0.1, 0.15) is 18.0 Å². The molecule has 0 saturated carbocycles. The van der Waals surface area contributed by atoms with Crippen molar-refractivity contribution in [2.45, 2.75) is 12.3 Å². The topological polar surface area (TPSA) is 52.6 Å². The Kier molecular flexibility index (Phi) is 3.68. The lowest BCUT2D eigenvalue weighted by Crippen LogP contribution is -2.10. The standard InChI is InChI=1S/C12H18N2O3/c1-15-9-6-10(16-2)12(17-3)14-11(9)8-4-5-13-7-8/h6,8,13H,4-5,7H2,1-3H3. The van der Waals surface area contributed by atoms with Gasteiger partial charge >= 0.3 is 0 Å². The minimum Gasteiger partial charge on any atom is -0.495 e. The first-order chi connectivity index (χ1) is 8.30. The van der Waals surface area contributed by atoms with Gasteiger partial charge in [-0.25, -0.2) is 4.98 Å². The number of rotatable bonds is 4. The second kappa shape index (κ2) is 5.23. The number of aromatic nitrogens is 1. The van der Waals surface area contributed by atoms with Gasteiger partial charge in [0, 0.05) is 18.5 Å². The predicted octanol–water partition coefficient (Wildman–Crippen LogP) is 1.18. The van der Waals surface area contributed by atoms with Crippen molar-refractivity contribution < 1.29 is 14.2 Å². The van der Waals surface area contributed by atoms with Crippen molar-refractivity contribution in [3.63, 3.8) is 0 Å². The van der Waals surface area contributed by atoms with E-state index in [1.165, 1.54) is 0 Å². The summed E-state index contributed by atoms with van der Waals surface area (Å²) in [7, 11) is 4.83. The summed E-state index contributed by atoms with van der Waals surface area (Å²) in [6.07, 6.45) is 1.07. The molecule has 1 atom stereocenters. The molecular weight excluding hydrogens is 220 g/mol. The van der Waals surface area contributed by atoms with Crippen molar-refractivity contribution in [1.29, 1.82) is 0 Å². The monoisotopic (exact) mass is 238 g/mol. The SMILES string of the molecule is COc1cc(OC)c(C2CCNC2)nc1OC. The zero-order chi connectivity index (χ0) is 12.3. The molecule has 5 heteroatoms. The predicted molar refractivity (Wildman–Crippen MR) is 64.1 cm³/mol. The maximum atomic E-state index is 5.37. The van der Waals surface area contributed by atoms with Gasteiger partial charge in [0.1, 0.15) is 5.75 Å². The van der Waals surface area contributed by atoms with Crippen LogP contribution in [0.15, 0.2) is 6.07 Å². The number of nitrogens with one attached hydrogen (secondary N) is 1. The lowest BCUT2D eigenvalue weighted by molar-refractivity contribution is 0.332. The number of hydrogen-bond donors (Lipinski definition) is 1. The molecule has 5 nitrogen and oxygen atoms in total. The number of ether oxygens (including phenoxy) is 3. The highest BCUT2D eigenvalue weighted by Gasteiger charge is 2.24. The van der Waals surface area contributed by atoms with E-state index in [0.717, 1.165) is 31.0 Å². The summed E-state index contributed by atoms with van der Waals surface area (Å²) in [5, 5.41) is 3.32. The van der Waals surface area contributed by atoms with Crippen LogP contribution in [-0.4, -0.2) is 39.4 Å². The average molecular weight is 238 g/mol. The summed E-state index contributed by atoms with van der Waals surface area (Å²) in [6, 6.07) is 1.83. The Morgan fingerprint density at radius 1 is 1.18 bits per heavy atom. The summed E-state index contributed by atoms with van der Waals surface area (Å²) in [5.41, 5.74) is 0.940. The third-order valence-electron chi connectivity index (χ3n) is 3.03. The van der Waals surface area contributed by atoms with Crippen LogP contribution in [0.5, 0.6) is 17.4 Å². The van der Waals surface area contributed by atoms with Gasteiger partial charge in [0.2, 0.25) is 0 Å². The van der Waals surface area contributed by atoms with Crippen molar-refractivity contribution in [1.82, 2.24) is 10.3 Å². The van der Waals surface area contributed by atoms with Crippen LogP contribution in [0.25, 0.3) is 0 Å². The van der Waals surface area contributed by atoms with Crippen LogP contribution in [0.4, 0.5) is 0 Å². The summed E-state index contributed by atoms with van der Waals surface area (Å²) >= 11 is 0. The van der Waals surface area contributed by atoms with Gasteiger partial charge < -0.3 is 19.5 Å². The summed E-state index contributed by atoms with van der Waals surface area (Å²) < 4.78 is 15.8. The molecular formula is C12H18N2O3. The Labute approximate surface area is 101 Å². The Bertz CT molecular complexity index is 390. The molecule has 2 heterocycles. The van der Waals surface area contributed by atoms with Crippen molar-refractivity contribution in [3.05, 3.63) is 11.8 Å². The van der Waals surface area contributed by atoms with Gasteiger partial charge in [0.05, 0.1) is 27.0 Å². The molecule has 1 aliphatic heterocycles. The molecule has 0 aromatic carbocycles. The van der Waals surface area contributed by atoms with E-state index >= 15 is 0 Å². The maximum absolute atomic E-state index is 5.37. The molecule has 1 N–H and O–H groups in total. The molecule has 1 fully saturated rings. The van der Waals surface area contributed by atoms with E-state index in [-0.39, 0.29) is 0 Å². The smallest absolute Gasteiger partial charge is 0.257 e. The number of nitrogens with zero attached hydrogens (tertiary/aromatic N) is 1. The largest absolute Gasteiger partial charge is 0.495 e. The van der Waals surface area contributed by atoms with Gasteiger partial charge in [-0.05, 0) is 13.0 Å². The van der Waals surface area contributed by atoms with E-state index in [4.69, 9.17) is 14.2 Å². The molecule has 0 spiro atoms. The van der Waals surface area contributed by atoms with Gasteiger partial charge in [0.15, 0.2) is 5.75 Å². The van der Waals surface area contributed by atoms with Crippen molar-refractivity contribution in [2.24, 2.45) is 0 Å². The van der Waals surface area contributed by atoms with Crippen LogP contribution in [0.3, 0.4) is 0 Å². The highest BCUT2D eigenvalue weighted by molar-refractivity contribution is 5.45. The van der Waals surface area contributed by atoms with Crippen LogP contribution in [-0.2, 0) is 0 Å². The molecule has 17 heavy (non-hydrogen) atoms. The molecule has 1 aromatic heterocycles. The zero-order valence-electron chi connectivity index (χ0n) is 10.4. The van der Waals surface area contributed by atoms with Gasteiger partial charge in [0.25, 0.3) is 5.88 Å². The molecule has 94 valence electrons. The molecule has 1 unspecified atom stereocenters. The third-order valence-corrected chi connectivity index (χ3v) is 3.03. The molecule has 1 aliphatic rings. The first kappa shape index (κ1) is 12.0. The molecule has 2 rings (SSSR count). The Morgan fingerprint density at radius 2 is 1.94 bits per heavy atom. The zero-order valence-corrected chi connectivity index (χ0v) is 10.4. The van der Waals surface area contributed by atoms with E-state index in [1.54, 1.807) is 21.3 Å². The van der Waals surface area contributed by atoms with Gasteiger partial charge in [-0.3, -0.25) is 0 Å². The van der Waals surface area contributed by atoms with Crippen LogP contribution in [0, 0.1) is 0 Å². The van der Waals surface area contributed by atoms with Crippen LogP contribution >= 0.6 is 0 Å². The average Bonchev–Trinajstić information content (AvgIpc) is 2.90. The number of hydrogen-bond acceptors (Lipinski definition) is 5. The van der Waals surface area contributed by atoms with Gasteiger partial charge in [-0.15, -0.1) is 0 Å². The minimum absolute atomic E-state index is 0.379. The molecule has 1 aromatic rings. The second-order valence-electron chi connectivity index (χ2n) is 3.98. The van der Waals surface area contributed by atoms with Gasteiger partial charge in [-0.2, -0.15) is 0 Å². The fraction of sp³-hybridized carbons (Fsp3) is 0.583. The van der Waals surface area contributed by atoms with Gasteiger partial charge in [-0.1, -0.05) is 0 Å². The quantitative estimate of drug-likeness (QED) is 0.853. The third kappa shape index (κ3) is 2.29. The molecule has 0 aliphatic carbocycles. The van der Waals surface area contributed by atoms with Crippen molar-refractivity contribution >= 4 is 0 Å². The van der Waals surface area contributed by atoms with Crippen LogP contribution in [0.2, 0.25) is 0 Å². The normalized spacial score (nSPS) is 19.1. The van der Waals surface area contributed by atoms with Crippen molar-refractivity contribution in [2.75, 3.05) is 34.4 Å². The molecule has 0 radical (unpaired) electrons. The molecule has 1 saturated heterocycles. The molecule has 0 amide bonds. The second-order valence-corrected chi connectivity index (χ2v) is 3.98. The molecule has 0 bridgehead atoms. The maximum Gasteiger partial charge on any atom is 0.257 e. The highest BCUT2D eigenvalue weighted by Crippen LogP contribution is 2.36. The lowest BCUT2D eigenvalue weighted by Gasteiger charge is -2.16. The first-order valence-electron chi connectivity index (χ1n) is 5.67. The Balaban J connectivity index is 2.41. The van der Waals surface area contributed by atoms with E-state index in [0.29, 0.717) is 17.5 Å². The van der Waals surface area contributed by atoms with Crippen LogP contribution < -0.4 is 19.5 Å². The highest BCUT2D eigenvalue weighted by atomic mass is 16.5. The lowest BCUT2D eigenvalue weighted by atomic mass is 10.0. The fourth-order valence-corrected chi connectivity index (χ4v) is 2.11. The Morgan fingerprint density at radius 3 is 2.47 bits per heavy atom. The summed E-state index contributed by atoms with van der Waals surface area (Å²) in [5.74, 6) is 2.25. The Hall–Kier alpha value is -1.49. The van der Waals surface area contributed by atoms with E-state index < -0.39 is 0 Å².